The van der Waals surface area contributed by atoms with E-state index < -0.39 is 0 Å². The molecule has 1 aliphatic carbocycles. The van der Waals surface area contributed by atoms with Gasteiger partial charge in [-0.1, -0.05) is 5.16 Å². The summed E-state index contributed by atoms with van der Waals surface area (Å²) in [6.45, 7) is 5.19. The Labute approximate surface area is 141 Å². The molecular weight excluding hydrogens is 306 g/mol. The van der Waals surface area contributed by atoms with Crippen LogP contribution in [0.2, 0.25) is 0 Å². The van der Waals surface area contributed by atoms with Crippen molar-refractivity contribution < 1.29 is 9.63 Å². The highest BCUT2D eigenvalue weighted by molar-refractivity contribution is 5.27. The van der Waals surface area contributed by atoms with E-state index in [1.54, 1.807) is 6.07 Å². The maximum atomic E-state index is 10.0. The minimum absolute atomic E-state index is 0.0886. The highest BCUT2D eigenvalue weighted by atomic mass is 16.5. The van der Waals surface area contributed by atoms with Crippen LogP contribution in [0.4, 0.5) is 0 Å². The van der Waals surface area contributed by atoms with Crippen LogP contribution >= 0.6 is 0 Å². The molecule has 0 radical (unpaired) electrons. The summed E-state index contributed by atoms with van der Waals surface area (Å²) in [5, 5.41) is 14.2. The summed E-state index contributed by atoms with van der Waals surface area (Å²) in [5.74, 6) is 2.31. The Balaban J connectivity index is 1.48. The molecule has 2 aliphatic rings. The third-order valence-electron chi connectivity index (χ3n) is 4.88. The van der Waals surface area contributed by atoms with Crippen molar-refractivity contribution in [1.29, 1.82) is 0 Å². The number of pyridine rings is 1. The van der Waals surface area contributed by atoms with E-state index in [2.05, 4.69) is 32.0 Å². The molecule has 1 atom stereocenters. The van der Waals surface area contributed by atoms with Gasteiger partial charge in [0.25, 0.3) is 0 Å². The molecule has 1 saturated carbocycles. The summed E-state index contributed by atoms with van der Waals surface area (Å²) < 4.78 is 5.52. The minimum atomic E-state index is 0.0886. The molecule has 1 saturated heterocycles. The first-order chi connectivity index (χ1) is 11.6. The molecule has 1 N–H and O–H groups in total. The average Bonchev–Trinajstić information content (AvgIpc) is 3.30. The van der Waals surface area contributed by atoms with Crippen LogP contribution in [-0.2, 0) is 6.54 Å². The zero-order valence-electron chi connectivity index (χ0n) is 14.1. The van der Waals surface area contributed by atoms with Crippen molar-refractivity contribution in [2.45, 2.75) is 38.3 Å². The molecule has 24 heavy (non-hydrogen) atoms. The molecule has 3 heterocycles. The number of hydrogen-bond donors (Lipinski definition) is 1. The van der Waals surface area contributed by atoms with Crippen LogP contribution in [0.5, 0.6) is 5.75 Å². The van der Waals surface area contributed by atoms with E-state index in [4.69, 9.17) is 4.52 Å². The lowest BCUT2D eigenvalue weighted by Gasteiger charge is -2.37. The zero-order valence-corrected chi connectivity index (χ0v) is 14.1. The summed E-state index contributed by atoms with van der Waals surface area (Å²) in [7, 11) is 2.09. The monoisotopic (exact) mass is 329 g/mol. The van der Waals surface area contributed by atoms with Crippen LogP contribution in [0.15, 0.2) is 16.7 Å². The van der Waals surface area contributed by atoms with Crippen LogP contribution in [0.3, 0.4) is 0 Å². The van der Waals surface area contributed by atoms with Crippen molar-refractivity contribution in [3.8, 4) is 5.75 Å². The van der Waals surface area contributed by atoms with Gasteiger partial charge in [-0.3, -0.25) is 14.8 Å². The van der Waals surface area contributed by atoms with Crippen molar-refractivity contribution in [1.82, 2.24) is 24.9 Å². The number of nitrogens with zero attached hydrogens (tertiary/aromatic N) is 5. The molecule has 7 heteroatoms. The molecule has 0 spiro atoms. The van der Waals surface area contributed by atoms with Gasteiger partial charge in [-0.2, -0.15) is 4.98 Å². The minimum Gasteiger partial charge on any atom is -0.506 e. The number of piperazine rings is 1. The Morgan fingerprint density at radius 2 is 2.08 bits per heavy atom. The standard InChI is InChI=1S/C17H23N5O2/c1-11-3-6-15(23)13(18-11)9-22-8-7-21(2)14(10-22)17-19-16(20-24-17)12-4-5-12/h3,6,12,14,23H,4-5,7-10H2,1-2H3/t14-/m0/s1. The van der Waals surface area contributed by atoms with E-state index in [0.29, 0.717) is 18.4 Å². The summed E-state index contributed by atoms with van der Waals surface area (Å²) >= 11 is 0. The predicted molar refractivity (Wildman–Crippen MR) is 87.6 cm³/mol. The van der Waals surface area contributed by atoms with Gasteiger partial charge in [-0.25, -0.2) is 0 Å². The maximum Gasteiger partial charge on any atom is 0.245 e. The number of aryl methyl sites for hydroxylation is 1. The molecule has 0 bridgehead atoms. The van der Waals surface area contributed by atoms with Crippen LogP contribution in [0.1, 0.15) is 47.9 Å². The van der Waals surface area contributed by atoms with Crippen molar-refractivity contribution in [2.24, 2.45) is 0 Å². The smallest absolute Gasteiger partial charge is 0.245 e. The van der Waals surface area contributed by atoms with Crippen molar-refractivity contribution in [3.05, 3.63) is 35.2 Å². The fourth-order valence-corrected chi connectivity index (χ4v) is 3.16. The lowest BCUT2D eigenvalue weighted by molar-refractivity contribution is 0.0702. The normalized spacial score (nSPS) is 22.8. The first-order valence-corrected chi connectivity index (χ1v) is 8.51. The lowest BCUT2D eigenvalue weighted by atomic mass is 10.1. The quantitative estimate of drug-likeness (QED) is 0.917. The molecule has 0 amide bonds. The summed E-state index contributed by atoms with van der Waals surface area (Å²) in [5.41, 5.74) is 1.64. The largest absolute Gasteiger partial charge is 0.506 e. The molecule has 2 fully saturated rings. The van der Waals surface area contributed by atoms with Gasteiger partial charge in [0.1, 0.15) is 11.8 Å². The van der Waals surface area contributed by atoms with Crippen molar-refractivity contribution >= 4 is 0 Å². The maximum absolute atomic E-state index is 10.0. The predicted octanol–water partition coefficient (Wildman–Crippen LogP) is 1.84. The number of hydrogen-bond acceptors (Lipinski definition) is 7. The van der Waals surface area contributed by atoms with Crippen LogP contribution in [-0.4, -0.2) is 56.7 Å². The second-order valence-electron chi connectivity index (χ2n) is 6.92. The van der Waals surface area contributed by atoms with Gasteiger partial charge in [0.15, 0.2) is 5.82 Å². The van der Waals surface area contributed by atoms with E-state index in [0.717, 1.165) is 36.8 Å². The Bertz CT molecular complexity index is 728. The Morgan fingerprint density at radius 3 is 2.88 bits per heavy atom. The molecule has 7 nitrogen and oxygen atoms in total. The molecule has 4 rings (SSSR count). The third-order valence-corrected chi connectivity index (χ3v) is 4.88. The van der Waals surface area contributed by atoms with Gasteiger partial charge in [-0.05, 0) is 38.9 Å². The van der Waals surface area contributed by atoms with Crippen LogP contribution < -0.4 is 0 Å². The summed E-state index contributed by atoms with van der Waals surface area (Å²) in [4.78, 5) is 13.6. The lowest BCUT2D eigenvalue weighted by Crippen LogP contribution is -2.46. The Hall–Kier alpha value is -1.99. The molecule has 0 unspecified atom stereocenters. The number of aromatic hydroxyl groups is 1. The molecule has 1 aliphatic heterocycles. The van der Waals surface area contributed by atoms with E-state index in [1.165, 1.54) is 12.8 Å². The second-order valence-corrected chi connectivity index (χ2v) is 6.92. The average molecular weight is 329 g/mol. The van der Waals surface area contributed by atoms with Gasteiger partial charge >= 0.3 is 0 Å². The fourth-order valence-electron chi connectivity index (χ4n) is 3.16. The van der Waals surface area contributed by atoms with Gasteiger partial charge in [0.05, 0.1) is 5.69 Å². The van der Waals surface area contributed by atoms with Gasteiger partial charge in [-0.15, -0.1) is 0 Å². The van der Waals surface area contributed by atoms with Gasteiger partial charge in [0.2, 0.25) is 5.89 Å². The Morgan fingerprint density at radius 1 is 1.25 bits per heavy atom. The van der Waals surface area contributed by atoms with Crippen LogP contribution in [0.25, 0.3) is 0 Å². The van der Waals surface area contributed by atoms with E-state index in [-0.39, 0.29) is 11.8 Å². The molecule has 0 aromatic carbocycles. The number of likely N-dealkylation sites (N-methyl/N-ethyl adjacent to an activating group) is 1. The van der Waals surface area contributed by atoms with E-state index in [9.17, 15) is 5.11 Å². The first-order valence-electron chi connectivity index (χ1n) is 8.51. The molecule has 128 valence electrons. The first kappa shape index (κ1) is 15.5. The van der Waals surface area contributed by atoms with E-state index >= 15 is 0 Å². The second kappa shape index (κ2) is 6.14. The van der Waals surface area contributed by atoms with Gasteiger partial charge in [0, 0.05) is 37.8 Å². The topological polar surface area (TPSA) is 78.5 Å². The molecule has 2 aromatic rings. The third kappa shape index (κ3) is 3.14. The summed E-state index contributed by atoms with van der Waals surface area (Å²) in [6.07, 6.45) is 2.34. The number of rotatable bonds is 4. The molecular formula is C17H23N5O2. The van der Waals surface area contributed by atoms with E-state index in [1.807, 2.05) is 13.0 Å². The van der Waals surface area contributed by atoms with Crippen molar-refractivity contribution in [3.63, 3.8) is 0 Å². The van der Waals surface area contributed by atoms with Crippen molar-refractivity contribution in [2.75, 3.05) is 26.7 Å². The summed E-state index contributed by atoms with van der Waals surface area (Å²) in [6, 6.07) is 3.62. The fraction of sp³-hybridized carbons (Fsp3) is 0.588. The SMILES string of the molecule is Cc1ccc(O)c(CN2CCN(C)[C@H](c3nc(C4CC4)no3)C2)n1. The van der Waals surface area contributed by atoms with Gasteiger partial charge < -0.3 is 9.63 Å². The molecule has 2 aromatic heterocycles. The Kier molecular flexibility index (Phi) is 3.97. The highest BCUT2D eigenvalue weighted by Gasteiger charge is 2.34. The highest BCUT2D eigenvalue weighted by Crippen LogP contribution is 2.39. The number of aromatic nitrogens is 3. The zero-order chi connectivity index (χ0) is 16.7. The van der Waals surface area contributed by atoms with Crippen LogP contribution in [0, 0.1) is 6.92 Å².